The summed E-state index contributed by atoms with van der Waals surface area (Å²) in [7, 11) is 0. The highest BCUT2D eigenvalue weighted by Crippen LogP contribution is 2.23. The molecule has 0 aliphatic heterocycles. The van der Waals surface area contributed by atoms with Crippen molar-refractivity contribution in [3.63, 3.8) is 0 Å². The van der Waals surface area contributed by atoms with E-state index in [0.717, 1.165) is 23.1 Å². The molecule has 0 spiro atoms. The summed E-state index contributed by atoms with van der Waals surface area (Å²) in [5.74, 6) is -0.167. The van der Waals surface area contributed by atoms with Crippen LogP contribution in [0.5, 0.6) is 0 Å². The molecule has 0 aromatic heterocycles. The van der Waals surface area contributed by atoms with Crippen LogP contribution in [0.3, 0.4) is 0 Å². The number of halogens is 1. The Balaban J connectivity index is 1.64. The molecule has 0 bridgehead atoms. The highest BCUT2D eigenvalue weighted by Gasteiger charge is 2.02. The summed E-state index contributed by atoms with van der Waals surface area (Å²) in [6.07, 6.45) is 5.82. The first kappa shape index (κ1) is 18.1. The number of hydrogen-bond acceptors (Lipinski definition) is 0. The van der Waals surface area contributed by atoms with Gasteiger partial charge in [-0.15, -0.1) is 0 Å². The molecule has 26 heavy (non-hydrogen) atoms. The van der Waals surface area contributed by atoms with E-state index in [-0.39, 0.29) is 5.83 Å². The van der Waals surface area contributed by atoms with E-state index in [9.17, 15) is 4.39 Å². The lowest BCUT2D eigenvalue weighted by atomic mass is 10.0. The lowest BCUT2D eigenvalue weighted by molar-refractivity contribution is 0.756. The van der Waals surface area contributed by atoms with Crippen molar-refractivity contribution in [2.75, 3.05) is 0 Å². The van der Waals surface area contributed by atoms with Crippen molar-refractivity contribution < 1.29 is 4.39 Å². The van der Waals surface area contributed by atoms with E-state index in [0.29, 0.717) is 12.0 Å². The van der Waals surface area contributed by atoms with E-state index < -0.39 is 0 Å². The van der Waals surface area contributed by atoms with Crippen molar-refractivity contribution in [3.8, 4) is 11.1 Å². The van der Waals surface area contributed by atoms with Crippen LogP contribution >= 0.6 is 0 Å². The number of aryl methyl sites for hydroxylation is 1. The van der Waals surface area contributed by atoms with Gasteiger partial charge in [-0.25, -0.2) is 4.39 Å². The maximum atomic E-state index is 14.5. The van der Waals surface area contributed by atoms with Crippen LogP contribution in [-0.2, 0) is 12.8 Å². The van der Waals surface area contributed by atoms with Gasteiger partial charge in [0, 0.05) is 5.56 Å². The van der Waals surface area contributed by atoms with Gasteiger partial charge in [0.05, 0.1) is 0 Å². The molecule has 0 nitrogen and oxygen atoms in total. The average molecular weight is 344 g/mol. The molecule has 3 rings (SSSR count). The second kappa shape index (κ2) is 9.15. The second-order valence-corrected chi connectivity index (χ2v) is 6.62. The lowest BCUT2D eigenvalue weighted by Crippen LogP contribution is -1.87. The lowest BCUT2D eigenvalue weighted by Gasteiger charge is -2.04. The maximum Gasteiger partial charge on any atom is 0.126 e. The Morgan fingerprint density at radius 2 is 1.38 bits per heavy atom. The van der Waals surface area contributed by atoms with Gasteiger partial charge in [-0.05, 0) is 47.6 Å². The van der Waals surface area contributed by atoms with E-state index in [1.165, 1.54) is 18.4 Å². The fraction of sp³-hybridized carbons (Fsp3) is 0.200. The Bertz CT molecular complexity index is 828. The maximum absolute atomic E-state index is 14.5. The third-order valence-electron chi connectivity index (χ3n) is 4.63. The Morgan fingerprint density at radius 1 is 0.769 bits per heavy atom. The van der Waals surface area contributed by atoms with Crippen LogP contribution in [0, 0.1) is 0 Å². The first-order chi connectivity index (χ1) is 12.8. The first-order valence-corrected chi connectivity index (χ1v) is 9.35. The van der Waals surface area contributed by atoms with Gasteiger partial charge in [0.15, 0.2) is 0 Å². The molecule has 3 aromatic rings. The molecule has 0 saturated heterocycles. The highest BCUT2D eigenvalue weighted by molar-refractivity contribution is 5.67. The quantitative estimate of drug-likeness (QED) is 0.423. The summed E-state index contributed by atoms with van der Waals surface area (Å²) >= 11 is 0. The van der Waals surface area contributed by atoms with Gasteiger partial charge in [0.25, 0.3) is 0 Å². The predicted octanol–water partition coefficient (Wildman–Crippen LogP) is 7.25. The van der Waals surface area contributed by atoms with Crippen molar-refractivity contribution in [1.29, 1.82) is 0 Å². The third-order valence-corrected chi connectivity index (χ3v) is 4.63. The van der Waals surface area contributed by atoms with Crippen LogP contribution in [0.25, 0.3) is 17.0 Å². The summed E-state index contributed by atoms with van der Waals surface area (Å²) in [4.78, 5) is 0. The average Bonchev–Trinajstić information content (AvgIpc) is 2.72. The van der Waals surface area contributed by atoms with Crippen LogP contribution in [0.4, 0.5) is 4.39 Å². The molecule has 0 heterocycles. The molecule has 0 radical (unpaired) electrons. The normalized spacial score (nSPS) is 11.5. The van der Waals surface area contributed by atoms with Crippen LogP contribution in [-0.4, -0.2) is 0 Å². The van der Waals surface area contributed by atoms with E-state index in [2.05, 4.69) is 43.3 Å². The largest absolute Gasteiger partial charge is 0.207 e. The number of rotatable bonds is 7. The summed E-state index contributed by atoms with van der Waals surface area (Å²) < 4.78 is 14.5. The van der Waals surface area contributed by atoms with Crippen molar-refractivity contribution >= 4 is 5.83 Å². The molecular weight excluding hydrogens is 319 g/mol. The van der Waals surface area contributed by atoms with E-state index in [4.69, 9.17) is 0 Å². The molecule has 0 amide bonds. The van der Waals surface area contributed by atoms with Crippen LogP contribution in [0.15, 0.2) is 84.9 Å². The smallest absolute Gasteiger partial charge is 0.126 e. The summed E-state index contributed by atoms with van der Waals surface area (Å²) in [5.41, 5.74) is 5.37. The molecule has 0 saturated carbocycles. The first-order valence-electron chi connectivity index (χ1n) is 9.35. The Morgan fingerprint density at radius 3 is 2.04 bits per heavy atom. The standard InChI is InChI=1S/C25H25F/c1-2-3-7-20-10-12-21(13-11-20)14-19-25(26)24-17-15-23(16-18-24)22-8-5-4-6-9-22/h4-6,8-13,15-19H,2-3,7,14H2,1H3/b25-19-. The fourth-order valence-electron chi connectivity index (χ4n) is 3.00. The van der Waals surface area contributed by atoms with Crippen molar-refractivity contribution in [1.82, 2.24) is 0 Å². The van der Waals surface area contributed by atoms with E-state index in [1.807, 2.05) is 42.5 Å². The third kappa shape index (κ3) is 4.92. The summed E-state index contributed by atoms with van der Waals surface area (Å²) in [6.45, 7) is 2.20. The van der Waals surface area contributed by atoms with E-state index in [1.54, 1.807) is 6.08 Å². The highest BCUT2D eigenvalue weighted by atomic mass is 19.1. The number of benzene rings is 3. The SMILES string of the molecule is CCCCc1ccc(C/C=C(\F)c2ccc(-c3ccccc3)cc2)cc1. The zero-order valence-electron chi connectivity index (χ0n) is 15.3. The van der Waals surface area contributed by atoms with Gasteiger partial charge in [-0.3, -0.25) is 0 Å². The van der Waals surface area contributed by atoms with Gasteiger partial charge in [-0.2, -0.15) is 0 Å². The van der Waals surface area contributed by atoms with Gasteiger partial charge >= 0.3 is 0 Å². The summed E-state index contributed by atoms with van der Waals surface area (Å²) in [5, 5.41) is 0. The summed E-state index contributed by atoms with van der Waals surface area (Å²) in [6, 6.07) is 26.3. The molecule has 0 aliphatic rings. The minimum absolute atomic E-state index is 0.167. The molecule has 1 heteroatoms. The van der Waals surface area contributed by atoms with Gasteiger partial charge in [-0.1, -0.05) is 92.2 Å². The zero-order valence-corrected chi connectivity index (χ0v) is 15.3. The molecule has 0 N–H and O–H groups in total. The van der Waals surface area contributed by atoms with Crippen LogP contribution in [0.1, 0.15) is 36.5 Å². The topological polar surface area (TPSA) is 0 Å². The molecule has 0 fully saturated rings. The Hall–Kier alpha value is -2.67. The van der Waals surface area contributed by atoms with Gasteiger partial charge in [0.1, 0.15) is 5.83 Å². The van der Waals surface area contributed by atoms with Crippen LogP contribution < -0.4 is 0 Å². The van der Waals surface area contributed by atoms with Crippen molar-refractivity contribution in [2.45, 2.75) is 32.6 Å². The van der Waals surface area contributed by atoms with E-state index >= 15 is 0 Å². The molecule has 0 atom stereocenters. The minimum atomic E-state index is -0.167. The number of hydrogen-bond donors (Lipinski definition) is 0. The van der Waals surface area contributed by atoms with Gasteiger partial charge in [0.2, 0.25) is 0 Å². The predicted molar refractivity (Wildman–Crippen MR) is 110 cm³/mol. The number of allylic oxidation sites excluding steroid dienone is 1. The Labute approximate surface area is 156 Å². The van der Waals surface area contributed by atoms with Crippen LogP contribution in [0.2, 0.25) is 0 Å². The molecule has 132 valence electrons. The fourth-order valence-corrected chi connectivity index (χ4v) is 3.00. The van der Waals surface area contributed by atoms with Crippen molar-refractivity contribution in [3.05, 3.63) is 102 Å². The molecule has 0 unspecified atom stereocenters. The molecule has 3 aromatic carbocycles. The number of unbranched alkanes of at least 4 members (excludes halogenated alkanes) is 1. The monoisotopic (exact) mass is 344 g/mol. The van der Waals surface area contributed by atoms with Crippen molar-refractivity contribution in [2.24, 2.45) is 0 Å². The minimum Gasteiger partial charge on any atom is -0.207 e. The molecular formula is C25H25F. The second-order valence-electron chi connectivity index (χ2n) is 6.62. The van der Waals surface area contributed by atoms with Gasteiger partial charge < -0.3 is 0 Å². The zero-order chi connectivity index (χ0) is 18.2. The molecule has 0 aliphatic carbocycles. The Kier molecular flexibility index (Phi) is 6.38.